The molecule has 0 spiro atoms. The zero-order chi connectivity index (χ0) is 13.3. The SMILES string of the molecule is Cc1ccc(C(=O)N2CCC(C(C)N)C2)c(=O)[nH]1. The first-order chi connectivity index (χ1) is 8.49. The minimum atomic E-state index is -0.316. The van der Waals surface area contributed by atoms with Crippen molar-refractivity contribution in [2.24, 2.45) is 11.7 Å². The lowest BCUT2D eigenvalue weighted by Crippen LogP contribution is -2.35. The van der Waals surface area contributed by atoms with Crippen molar-refractivity contribution >= 4 is 5.91 Å². The second-order valence-electron chi connectivity index (χ2n) is 5.04. The van der Waals surface area contributed by atoms with Crippen molar-refractivity contribution in [3.63, 3.8) is 0 Å². The van der Waals surface area contributed by atoms with Crippen LogP contribution in [0.4, 0.5) is 0 Å². The number of aromatic nitrogens is 1. The number of carbonyl (C=O) groups excluding carboxylic acids is 1. The third-order valence-corrected chi connectivity index (χ3v) is 3.54. The summed E-state index contributed by atoms with van der Waals surface area (Å²) < 4.78 is 0. The van der Waals surface area contributed by atoms with Crippen molar-refractivity contribution in [1.82, 2.24) is 9.88 Å². The summed E-state index contributed by atoms with van der Waals surface area (Å²) >= 11 is 0. The quantitative estimate of drug-likeness (QED) is 0.800. The number of aryl methyl sites for hydroxylation is 1. The van der Waals surface area contributed by atoms with E-state index in [4.69, 9.17) is 5.73 Å². The number of nitrogens with zero attached hydrogens (tertiary/aromatic N) is 1. The maximum absolute atomic E-state index is 12.2. The fraction of sp³-hybridized carbons (Fsp3) is 0.538. The van der Waals surface area contributed by atoms with E-state index in [1.165, 1.54) is 0 Å². The van der Waals surface area contributed by atoms with Gasteiger partial charge in [-0.25, -0.2) is 0 Å². The lowest BCUT2D eigenvalue weighted by molar-refractivity contribution is 0.0784. The molecule has 2 rings (SSSR count). The van der Waals surface area contributed by atoms with E-state index < -0.39 is 0 Å². The zero-order valence-corrected chi connectivity index (χ0v) is 10.8. The van der Waals surface area contributed by atoms with Crippen LogP contribution in [0.5, 0.6) is 0 Å². The normalized spacial score (nSPS) is 21.1. The average Bonchev–Trinajstić information content (AvgIpc) is 2.77. The van der Waals surface area contributed by atoms with Crippen LogP contribution in [-0.2, 0) is 0 Å². The van der Waals surface area contributed by atoms with Gasteiger partial charge < -0.3 is 15.6 Å². The molecule has 18 heavy (non-hydrogen) atoms. The molecule has 2 unspecified atom stereocenters. The Balaban J connectivity index is 2.15. The van der Waals surface area contributed by atoms with Gasteiger partial charge in [0, 0.05) is 24.8 Å². The largest absolute Gasteiger partial charge is 0.338 e. The Hall–Kier alpha value is -1.62. The van der Waals surface area contributed by atoms with Gasteiger partial charge in [-0.3, -0.25) is 9.59 Å². The van der Waals surface area contributed by atoms with Crippen molar-refractivity contribution in [3.8, 4) is 0 Å². The van der Waals surface area contributed by atoms with Gasteiger partial charge in [-0.15, -0.1) is 0 Å². The van der Waals surface area contributed by atoms with Crippen LogP contribution in [0.15, 0.2) is 16.9 Å². The maximum atomic E-state index is 12.2. The Labute approximate surface area is 106 Å². The summed E-state index contributed by atoms with van der Waals surface area (Å²) in [4.78, 5) is 28.3. The van der Waals surface area contributed by atoms with Gasteiger partial charge in [0.15, 0.2) is 0 Å². The predicted octanol–water partition coefficient (Wildman–Crippen LogP) is 0.493. The van der Waals surface area contributed by atoms with Crippen LogP contribution < -0.4 is 11.3 Å². The molecule has 0 bridgehead atoms. The van der Waals surface area contributed by atoms with Crippen LogP contribution in [0.3, 0.4) is 0 Å². The summed E-state index contributed by atoms with van der Waals surface area (Å²) in [6.45, 7) is 5.07. The number of carbonyl (C=O) groups is 1. The molecule has 1 aromatic rings. The summed E-state index contributed by atoms with van der Waals surface area (Å²) in [6, 6.07) is 3.42. The first-order valence-corrected chi connectivity index (χ1v) is 6.24. The summed E-state index contributed by atoms with van der Waals surface area (Å²) in [7, 11) is 0. The van der Waals surface area contributed by atoms with Gasteiger partial charge in [0.1, 0.15) is 5.56 Å². The molecular formula is C13H19N3O2. The number of rotatable bonds is 2. The number of H-pyrrole nitrogens is 1. The Kier molecular flexibility index (Phi) is 3.52. The monoisotopic (exact) mass is 249 g/mol. The van der Waals surface area contributed by atoms with Gasteiger partial charge in [-0.2, -0.15) is 0 Å². The Morgan fingerprint density at radius 2 is 2.28 bits per heavy atom. The number of nitrogens with one attached hydrogen (secondary N) is 1. The number of pyridine rings is 1. The number of hydrogen-bond donors (Lipinski definition) is 2. The molecule has 1 amide bonds. The standard InChI is InChI=1S/C13H19N3O2/c1-8-3-4-11(12(17)15-8)13(18)16-6-5-10(7-16)9(2)14/h3-4,9-10H,5-7,14H2,1-2H3,(H,15,17). The third kappa shape index (κ3) is 2.46. The van der Waals surface area contributed by atoms with E-state index in [2.05, 4.69) is 4.98 Å². The van der Waals surface area contributed by atoms with E-state index in [1.54, 1.807) is 24.0 Å². The molecular weight excluding hydrogens is 230 g/mol. The first kappa shape index (κ1) is 12.8. The van der Waals surface area contributed by atoms with Crippen molar-refractivity contribution in [3.05, 3.63) is 33.7 Å². The minimum Gasteiger partial charge on any atom is -0.338 e. The lowest BCUT2D eigenvalue weighted by atomic mass is 10.0. The molecule has 0 radical (unpaired) electrons. The van der Waals surface area contributed by atoms with Gasteiger partial charge in [0.05, 0.1) is 0 Å². The molecule has 1 aromatic heterocycles. The predicted molar refractivity (Wildman–Crippen MR) is 69.5 cm³/mol. The molecule has 0 aromatic carbocycles. The lowest BCUT2D eigenvalue weighted by Gasteiger charge is -2.17. The smallest absolute Gasteiger partial charge is 0.260 e. The highest BCUT2D eigenvalue weighted by Gasteiger charge is 2.29. The molecule has 2 heterocycles. The second-order valence-corrected chi connectivity index (χ2v) is 5.04. The van der Waals surface area contributed by atoms with E-state index >= 15 is 0 Å². The number of amides is 1. The molecule has 0 saturated carbocycles. The van der Waals surface area contributed by atoms with Crippen LogP contribution in [0.2, 0.25) is 0 Å². The molecule has 5 nitrogen and oxygen atoms in total. The molecule has 5 heteroatoms. The van der Waals surface area contributed by atoms with E-state index in [1.807, 2.05) is 6.92 Å². The van der Waals surface area contributed by atoms with Crippen molar-refractivity contribution in [2.75, 3.05) is 13.1 Å². The third-order valence-electron chi connectivity index (χ3n) is 3.54. The highest BCUT2D eigenvalue weighted by Crippen LogP contribution is 2.19. The van der Waals surface area contributed by atoms with Gasteiger partial charge in [-0.05, 0) is 38.3 Å². The van der Waals surface area contributed by atoms with E-state index in [9.17, 15) is 9.59 Å². The molecule has 3 N–H and O–H groups in total. The van der Waals surface area contributed by atoms with Crippen LogP contribution in [0.25, 0.3) is 0 Å². The maximum Gasteiger partial charge on any atom is 0.260 e. The van der Waals surface area contributed by atoms with Gasteiger partial charge >= 0.3 is 0 Å². The highest BCUT2D eigenvalue weighted by molar-refractivity contribution is 5.94. The van der Waals surface area contributed by atoms with Crippen LogP contribution in [0, 0.1) is 12.8 Å². The van der Waals surface area contributed by atoms with Crippen LogP contribution >= 0.6 is 0 Å². The molecule has 0 aliphatic carbocycles. The Morgan fingerprint density at radius 1 is 1.56 bits per heavy atom. The zero-order valence-electron chi connectivity index (χ0n) is 10.8. The number of hydrogen-bond acceptors (Lipinski definition) is 3. The number of aromatic amines is 1. The topological polar surface area (TPSA) is 79.2 Å². The molecule has 2 atom stereocenters. The average molecular weight is 249 g/mol. The molecule has 1 fully saturated rings. The van der Waals surface area contributed by atoms with E-state index in [-0.39, 0.29) is 23.1 Å². The van der Waals surface area contributed by atoms with E-state index in [0.29, 0.717) is 19.0 Å². The Morgan fingerprint density at radius 3 is 2.83 bits per heavy atom. The second kappa shape index (κ2) is 4.94. The van der Waals surface area contributed by atoms with Crippen LogP contribution in [-0.4, -0.2) is 34.9 Å². The Bertz CT molecular complexity index is 507. The molecule has 1 aliphatic heterocycles. The number of nitrogens with two attached hydrogens (primary N) is 1. The fourth-order valence-electron chi connectivity index (χ4n) is 2.31. The van der Waals surface area contributed by atoms with Crippen molar-refractivity contribution in [1.29, 1.82) is 0 Å². The van der Waals surface area contributed by atoms with Gasteiger partial charge in [0.25, 0.3) is 11.5 Å². The first-order valence-electron chi connectivity index (χ1n) is 6.24. The summed E-state index contributed by atoms with van der Waals surface area (Å²) in [5.41, 5.74) is 6.50. The number of likely N-dealkylation sites (tertiary alicyclic amines) is 1. The van der Waals surface area contributed by atoms with Gasteiger partial charge in [-0.1, -0.05) is 0 Å². The highest BCUT2D eigenvalue weighted by atomic mass is 16.2. The summed E-state index contributed by atoms with van der Waals surface area (Å²) in [6.07, 6.45) is 0.910. The summed E-state index contributed by atoms with van der Waals surface area (Å²) in [5.74, 6) is 0.137. The van der Waals surface area contributed by atoms with Crippen LogP contribution in [0.1, 0.15) is 29.4 Å². The van der Waals surface area contributed by atoms with E-state index in [0.717, 1.165) is 12.1 Å². The molecule has 98 valence electrons. The van der Waals surface area contributed by atoms with Gasteiger partial charge in [0.2, 0.25) is 0 Å². The minimum absolute atomic E-state index is 0.0825. The van der Waals surface area contributed by atoms with Crippen molar-refractivity contribution in [2.45, 2.75) is 26.3 Å². The fourth-order valence-corrected chi connectivity index (χ4v) is 2.31. The summed E-state index contributed by atoms with van der Waals surface area (Å²) in [5, 5.41) is 0. The molecule has 1 aliphatic rings. The van der Waals surface area contributed by atoms with Crippen molar-refractivity contribution < 1.29 is 4.79 Å². The molecule has 1 saturated heterocycles.